The van der Waals surface area contributed by atoms with Crippen LogP contribution in [0.3, 0.4) is 0 Å². The first kappa shape index (κ1) is 24.5. The molecule has 4 rings (SSSR count). The van der Waals surface area contributed by atoms with Crippen molar-refractivity contribution in [2.75, 3.05) is 26.8 Å². The molecule has 35 heavy (non-hydrogen) atoms. The Morgan fingerprint density at radius 2 is 1.97 bits per heavy atom. The highest BCUT2D eigenvalue weighted by Crippen LogP contribution is 2.42. The number of halogens is 1. The number of nitrogens with zero attached hydrogens (tertiary/aromatic N) is 3. The molecular formula is C25H26ClN3O6. The maximum atomic E-state index is 13.3. The smallest absolute Gasteiger partial charge is 0.409 e. The fraction of sp³-hybridized carbons (Fsp3) is 0.360. The summed E-state index contributed by atoms with van der Waals surface area (Å²) in [5, 5.41) is 11.5. The van der Waals surface area contributed by atoms with E-state index in [1.165, 1.54) is 18.1 Å². The van der Waals surface area contributed by atoms with Crippen LogP contribution in [0, 0.1) is 0 Å². The number of aliphatic hydroxyl groups is 1. The molecule has 0 bridgehead atoms. The number of piperidine rings is 1. The number of pyridine rings is 1. The van der Waals surface area contributed by atoms with E-state index in [1.807, 2.05) is 0 Å². The van der Waals surface area contributed by atoms with Crippen molar-refractivity contribution in [2.24, 2.45) is 0 Å². The maximum absolute atomic E-state index is 13.3. The van der Waals surface area contributed by atoms with Gasteiger partial charge in [-0.3, -0.25) is 14.6 Å². The molecule has 2 aromatic rings. The number of benzene rings is 1. The van der Waals surface area contributed by atoms with Crippen LogP contribution in [0.5, 0.6) is 5.75 Å². The van der Waals surface area contributed by atoms with Crippen molar-refractivity contribution < 1.29 is 29.0 Å². The highest BCUT2D eigenvalue weighted by molar-refractivity contribution is 6.46. The Kier molecular flexibility index (Phi) is 7.25. The summed E-state index contributed by atoms with van der Waals surface area (Å²) < 4.78 is 10.2. The number of ether oxygens (including phenoxy) is 2. The van der Waals surface area contributed by atoms with Crippen molar-refractivity contribution in [3.63, 3.8) is 0 Å². The van der Waals surface area contributed by atoms with E-state index in [4.69, 9.17) is 21.1 Å². The number of carbonyl (C=O) groups excluding carboxylic acids is 3. The molecule has 0 radical (unpaired) electrons. The van der Waals surface area contributed by atoms with Crippen molar-refractivity contribution in [1.29, 1.82) is 0 Å². The van der Waals surface area contributed by atoms with Crippen LogP contribution in [0.2, 0.25) is 5.02 Å². The predicted molar refractivity (Wildman–Crippen MR) is 128 cm³/mol. The number of hydrogen-bond donors (Lipinski definition) is 1. The van der Waals surface area contributed by atoms with Crippen LogP contribution in [-0.2, 0) is 14.3 Å². The molecule has 0 saturated carbocycles. The molecule has 10 heteroatoms. The van der Waals surface area contributed by atoms with Gasteiger partial charge in [-0.05, 0) is 49.6 Å². The van der Waals surface area contributed by atoms with Crippen molar-refractivity contribution >= 4 is 35.1 Å². The Labute approximate surface area is 207 Å². The number of aromatic nitrogens is 1. The average Bonchev–Trinajstić information content (AvgIpc) is 3.14. The maximum Gasteiger partial charge on any atom is 0.409 e. The van der Waals surface area contributed by atoms with Crippen LogP contribution in [0.4, 0.5) is 4.79 Å². The summed E-state index contributed by atoms with van der Waals surface area (Å²) in [6.07, 6.45) is 3.71. The van der Waals surface area contributed by atoms with Crippen LogP contribution in [0.15, 0.2) is 48.3 Å². The fourth-order valence-corrected chi connectivity index (χ4v) is 4.86. The second-order valence-electron chi connectivity index (χ2n) is 8.26. The SMILES string of the molecule is CCOC(=O)N1CCC(N2C(=O)C(=O)/C(=C(/O)c3ccc(OC)c(Cl)c3)C2c2cccnc2)CC1. The van der Waals surface area contributed by atoms with Gasteiger partial charge in [0.25, 0.3) is 11.7 Å². The van der Waals surface area contributed by atoms with Crippen molar-refractivity contribution in [3.8, 4) is 5.75 Å². The molecule has 9 nitrogen and oxygen atoms in total. The second kappa shape index (κ2) is 10.4. The lowest BCUT2D eigenvalue weighted by Crippen LogP contribution is -2.48. The zero-order valence-electron chi connectivity index (χ0n) is 19.4. The standard InChI is InChI=1S/C25H26ClN3O6/c1-3-35-25(33)28-11-8-17(9-12-28)29-21(16-5-4-10-27-14-16)20(23(31)24(29)32)22(30)15-6-7-19(34-2)18(26)13-15/h4-7,10,13-14,17,21,30H,3,8-9,11-12H2,1-2H3/b22-20+. The number of likely N-dealkylation sites (tertiary alicyclic amines) is 2. The van der Waals surface area contributed by atoms with Crippen LogP contribution in [0.1, 0.15) is 36.9 Å². The van der Waals surface area contributed by atoms with Crippen LogP contribution in [0.25, 0.3) is 5.76 Å². The minimum atomic E-state index is -0.830. The van der Waals surface area contributed by atoms with Crippen molar-refractivity contribution in [2.45, 2.75) is 31.8 Å². The number of rotatable bonds is 5. The highest BCUT2D eigenvalue weighted by atomic mass is 35.5. The summed E-state index contributed by atoms with van der Waals surface area (Å²) in [5.74, 6) is -1.39. The van der Waals surface area contributed by atoms with Crippen LogP contribution in [-0.4, -0.2) is 70.5 Å². The zero-order chi connectivity index (χ0) is 25.1. The molecule has 2 fully saturated rings. The third kappa shape index (κ3) is 4.68. The molecule has 1 aromatic carbocycles. The van der Waals surface area contributed by atoms with Gasteiger partial charge in [0.2, 0.25) is 0 Å². The molecule has 1 unspecified atom stereocenters. The number of Topliss-reactive ketones (excluding diaryl/α,β-unsaturated/α-hetero) is 1. The predicted octanol–water partition coefficient (Wildman–Crippen LogP) is 3.79. The monoisotopic (exact) mass is 499 g/mol. The van der Waals surface area contributed by atoms with Gasteiger partial charge < -0.3 is 24.4 Å². The Bertz CT molecular complexity index is 1160. The van der Waals surface area contributed by atoms with E-state index in [-0.39, 0.29) is 29.0 Å². The molecule has 1 N–H and O–H groups in total. The first-order chi connectivity index (χ1) is 16.9. The van der Waals surface area contributed by atoms with E-state index in [2.05, 4.69) is 4.98 Å². The average molecular weight is 500 g/mol. The molecule has 184 valence electrons. The fourth-order valence-electron chi connectivity index (χ4n) is 4.60. The third-order valence-electron chi connectivity index (χ3n) is 6.29. The molecule has 2 amide bonds. The molecular weight excluding hydrogens is 474 g/mol. The Morgan fingerprint density at radius 1 is 1.23 bits per heavy atom. The van der Waals surface area contributed by atoms with E-state index >= 15 is 0 Å². The van der Waals surface area contributed by atoms with Gasteiger partial charge in [-0.1, -0.05) is 17.7 Å². The van der Waals surface area contributed by atoms with E-state index in [0.717, 1.165) is 0 Å². The van der Waals surface area contributed by atoms with E-state index in [0.29, 0.717) is 42.8 Å². The molecule has 1 atom stereocenters. The number of aliphatic hydroxyl groups excluding tert-OH is 1. The minimum Gasteiger partial charge on any atom is -0.507 e. The molecule has 0 spiro atoms. The third-order valence-corrected chi connectivity index (χ3v) is 6.58. The largest absolute Gasteiger partial charge is 0.507 e. The van der Waals surface area contributed by atoms with E-state index in [1.54, 1.807) is 48.5 Å². The molecule has 0 aliphatic carbocycles. The Hall–Kier alpha value is -3.59. The Morgan fingerprint density at radius 3 is 2.57 bits per heavy atom. The summed E-state index contributed by atoms with van der Waals surface area (Å²) in [5.41, 5.74) is 0.859. The molecule has 3 heterocycles. The van der Waals surface area contributed by atoms with E-state index < -0.39 is 23.8 Å². The number of amides is 2. The van der Waals surface area contributed by atoms with Gasteiger partial charge in [-0.2, -0.15) is 0 Å². The summed E-state index contributed by atoms with van der Waals surface area (Å²) in [6, 6.07) is 6.97. The minimum absolute atomic E-state index is 0.0305. The lowest BCUT2D eigenvalue weighted by molar-refractivity contribution is -0.142. The van der Waals surface area contributed by atoms with Gasteiger partial charge in [0.05, 0.1) is 30.4 Å². The number of hydrogen-bond acceptors (Lipinski definition) is 7. The molecule has 2 aliphatic rings. The van der Waals surface area contributed by atoms with Gasteiger partial charge in [0, 0.05) is 37.1 Å². The molecule has 2 saturated heterocycles. The lowest BCUT2D eigenvalue weighted by atomic mass is 9.94. The van der Waals surface area contributed by atoms with E-state index in [9.17, 15) is 19.5 Å². The van der Waals surface area contributed by atoms with Gasteiger partial charge in [0.1, 0.15) is 11.5 Å². The van der Waals surface area contributed by atoms with Crippen LogP contribution >= 0.6 is 11.6 Å². The quantitative estimate of drug-likeness (QED) is 0.378. The summed E-state index contributed by atoms with van der Waals surface area (Å²) in [4.78, 5) is 45.9. The van der Waals surface area contributed by atoms with Gasteiger partial charge >= 0.3 is 6.09 Å². The first-order valence-electron chi connectivity index (χ1n) is 11.3. The van der Waals surface area contributed by atoms with Gasteiger partial charge in [0.15, 0.2) is 0 Å². The van der Waals surface area contributed by atoms with Gasteiger partial charge in [-0.25, -0.2) is 4.79 Å². The normalized spacial score (nSPS) is 20.3. The number of methoxy groups -OCH3 is 1. The lowest BCUT2D eigenvalue weighted by Gasteiger charge is -2.38. The first-order valence-corrected chi connectivity index (χ1v) is 11.7. The summed E-state index contributed by atoms with van der Waals surface area (Å²) in [7, 11) is 1.47. The summed E-state index contributed by atoms with van der Waals surface area (Å²) in [6.45, 7) is 2.80. The topological polar surface area (TPSA) is 109 Å². The van der Waals surface area contributed by atoms with Crippen LogP contribution < -0.4 is 4.74 Å². The highest BCUT2D eigenvalue weighted by Gasteiger charge is 2.49. The number of carbonyl (C=O) groups is 3. The second-order valence-corrected chi connectivity index (χ2v) is 8.67. The molecule has 2 aliphatic heterocycles. The van der Waals surface area contributed by atoms with Crippen molar-refractivity contribution in [1.82, 2.24) is 14.8 Å². The zero-order valence-corrected chi connectivity index (χ0v) is 20.2. The van der Waals surface area contributed by atoms with Gasteiger partial charge in [-0.15, -0.1) is 0 Å². The summed E-state index contributed by atoms with van der Waals surface area (Å²) >= 11 is 6.24. The van der Waals surface area contributed by atoms with Crippen molar-refractivity contribution in [3.05, 3.63) is 64.4 Å². The number of ketones is 1. The molecule has 1 aromatic heterocycles. The Balaban J connectivity index is 1.73.